The van der Waals surface area contributed by atoms with Gasteiger partial charge in [-0.3, -0.25) is 14.4 Å². The maximum Gasteiger partial charge on any atom is 0.253 e. The summed E-state index contributed by atoms with van der Waals surface area (Å²) in [5.41, 5.74) is 0.975. The lowest BCUT2D eigenvalue weighted by Crippen LogP contribution is -2.43. The van der Waals surface area contributed by atoms with E-state index in [1.165, 1.54) is 21.9 Å². The number of hydrogen-bond acceptors (Lipinski definition) is 7. The van der Waals surface area contributed by atoms with Crippen LogP contribution in [0.15, 0.2) is 54.6 Å². The van der Waals surface area contributed by atoms with Gasteiger partial charge in [-0.1, -0.05) is 0 Å². The van der Waals surface area contributed by atoms with E-state index in [1.807, 2.05) is 4.90 Å². The fourth-order valence-corrected chi connectivity index (χ4v) is 4.35. The van der Waals surface area contributed by atoms with Crippen LogP contribution in [-0.4, -0.2) is 106 Å². The first-order chi connectivity index (χ1) is 22.8. The number of likely N-dealkylation sites (N-methyl/N-ethyl adjacent to an activating group) is 1. The third-order valence-electron chi connectivity index (χ3n) is 6.94. The maximum absolute atomic E-state index is 14.3. The zero-order valence-corrected chi connectivity index (χ0v) is 27.5. The molecule has 0 bridgehead atoms. The van der Waals surface area contributed by atoms with Gasteiger partial charge in [0.25, 0.3) is 17.1 Å². The Hall–Kier alpha value is -4.11. The number of aliphatic hydroxyl groups excluding tert-OH is 1. The average molecular weight is 701 g/mol. The van der Waals surface area contributed by atoms with E-state index in [2.05, 4.69) is 5.32 Å². The van der Waals surface area contributed by atoms with Crippen LogP contribution >= 0.6 is 11.6 Å². The molecule has 1 fully saturated rings. The first-order valence-electron chi connectivity index (χ1n) is 14.8. The van der Waals surface area contributed by atoms with Gasteiger partial charge < -0.3 is 29.9 Å². The highest BCUT2D eigenvalue weighted by Gasteiger charge is 2.18. The molecule has 1 aliphatic heterocycles. The van der Waals surface area contributed by atoms with Crippen molar-refractivity contribution in [2.24, 2.45) is 0 Å². The summed E-state index contributed by atoms with van der Waals surface area (Å²) >= 11 is 5.00. The number of ether oxygens (including phenoxy) is 1. The van der Waals surface area contributed by atoms with Crippen molar-refractivity contribution in [2.45, 2.75) is 6.42 Å². The summed E-state index contributed by atoms with van der Waals surface area (Å²) in [5.74, 6) is -5.02. The van der Waals surface area contributed by atoms with E-state index in [4.69, 9.17) is 21.4 Å². The van der Waals surface area contributed by atoms with E-state index in [1.54, 1.807) is 33.3 Å². The summed E-state index contributed by atoms with van der Waals surface area (Å²) < 4.78 is 69.3. The number of methoxy groups -OCH3 is 1. The predicted octanol–water partition coefficient (Wildman–Crippen LogP) is 4.72. The molecule has 1 heterocycles. The van der Waals surface area contributed by atoms with Crippen molar-refractivity contribution >= 4 is 34.3 Å². The van der Waals surface area contributed by atoms with E-state index in [9.17, 15) is 36.3 Å². The standard InChI is InChI=1S/C15H22FN3O2.C11H13F2NO2.C7H3ClF2O/c1-18(9-10-21-2)15(20)12-3-4-14(13(16)11-12)19-7-5-17-6-8-19;1-14(5-2-6-15)11(16)8-3-4-9(12)10(13)7-8;8-7(11)4-1-2-5(9)6(10)3-4/h3-4,11,17H,5-10H2,1-2H3;3-4,7,15H,2,5-6H2,1H3;1-3H. The quantitative estimate of drug-likeness (QED) is 0.233. The van der Waals surface area contributed by atoms with Crippen LogP contribution in [0, 0.1) is 29.1 Å². The number of anilines is 1. The third kappa shape index (κ3) is 12.5. The number of hydrogen-bond donors (Lipinski definition) is 2. The number of nitrogens with one attached hydrogen (secondary N) is 1. The van der Waals surface area contributed by atoms with Crippen molar-refractivity contribution in [1.29, 1.82) is 0 Å². The van der Waals surface area contributed by atoms with Gasteiger partial charge in [0.05, 0.1) is 12.3 Å². The van der Waals surface area contributed by atoms with Gasteiger partial charge in [-0.15, -0.1) is 0 Å². The van der Waals surface area contributed by atoms with Gasteiger partial charge in [-0.05, 0) is 72.6 Å². The molecule has 1 aliphatic rings. The monoisotopic (exact) mass is 700 g/mol. The Balaban J connectivity index is 0.000000263. The third-order valence-corrected chi connectivity index (χ3v) is 7.16. The lowest BCUT2D eigenvalue weighted by molar-refractivity contribution is 0.0742. The molecular weight excluding hydrogens is 663 g/mol. The fourth-order valence-electron chi connectivity index (χ4n) is 4.23. The van der Waals surface area contributed by atoms with E-state index in [0.29, 0.717) is 37.4 Å². The van der Waals surface area contributed by atoms with Gasteiger partial charge in [0, 0.05) is 83.8 Å². The molecule has 2 N–H and O–H groups in total. The van der Waals surface area contributed by atoms with Crippen molar-refractivity contribution in [2.75, 3.05) is 78.6 Å². The van der Waals surface area contributed by atoms with Gasteiger partial charge in [-0.2, -0.15) is 0 Å². The average Bonchev–Trinajstić information content (AvgIpc) is 3.08. The number of rotatable bonds is 10. The number of benzene rings is 3. The number of carbonyl (C=O) groups excluding carboxylic acids is 3. The van der Waals surface area contributed by atoms with Crippen LogP contribution in [0.4, 0.5) is 27.6 Å². The highest BCUT2D eigenvalue weighted by Crippen LogP contribution is 2.21. The Kier molecular flexibility index (Phi) is 16.9. The second kappa shape index (κ2) is 20.3. The van der Waals surface area contributed by atoms with Crippen LogP contribution in [-0.2, 0) is 4.74 Å². The van der Waals surface area contributed by atoms with Crippen LogP contribution in [0.3, 0.4) is 0 Å². The number of amides is 2. The fraction of sp³-hybridized carbons (Fsp3) is 0.364. The largest absolute Gasteiger partial charge is 0.396 e. The summed E-state index contributed by atoms with van der Waals surface area (Å²) in [5, 5.41) is 11.0. The molecule has 3 aromatic rings. The molecular formula is C33H38ClF5N4O5. The summed E-state index contributed by atoms with van der Waals surface area (Å²) in [6.07, 6.45) is 0.450. The Morgan fingerprint density at radius 2 is 1.25 bits per heavy atom. The van der Waals surface area contributed by atoms with E-state index in [-0.39, 0.29) is 29.5 Å². The van der Waals surface area contributed by atoms with Gasteiger partial charge in [0.2, 0.25) is 0 Å². The van der Waals surface area contributed by atoms with Crippen LogP contribution in [0.25, 0.3) is 0 Å². The number of aliphatic hydroxyl groups is 1. The van der Waals surface area contributed by atoms with Gasteiger partial charge in [-0.25, -0.2) is 22.0 Å². The normalized spacial score (nSPS) is 12.2. The minimum absolute atomic E-state index is 0.0185. The molecule has 15 heteroatoms. The van der Waals surface area contributed by atoms with Gasteiger partial charge >= 0.3 is 0 Å². The van der Waals surface area contributed by atoms with Crippen LogP contribution < -0.4 is 10.2 Å². The van der Waals surface area contributed by atoms with Crippen molar-refractivity contribution < 1.29 is 46.2 Å². The van der Waals surface area contributed by atoms with Crippen molar-refractivity contribution in [3.63, 3.8) is 0 Å². The summed E-state index contributed by atoms with van der Waals surface area (Å²) in [6, 6.07) is 10.4. The summed E-state index contributed by atoms with van der Waals surface area (Å²) in [6.45, 7) is 4.54. The minimum atomic E-state index is -1.07. The van der Waals surface area contributed by atoms with Gasteiger partial charge in [0.15, 0.2) is 23.3 Å². The first kappa shape index (κ1) is 40.1. The molecule has 0 unspecified atom stereocenters. The van der Waals surface area contributed by atoms with Gasteiger partial charge in [0.1, 0.15) is 5.82 Å². The number of piperazine rings is 1. The molecule has 0 aromatic heterocycles. The second-order valence-corrected chi connectivity index (χ2v) is 10.8. The molecule has 0 aliphatic carbocycles. The summed E-state index contributed by atoms with van der Waals surface area (Å²) in [7, 11) is 4.81. The predicted molar refractivity (Wildman–Crippen MR) is 172 cm³/mol. The Morgan fingerprint density at radius 3 is 1.73 bits per heavy atom. The van der Waals surface area contributed by atoms with E-state index >= 15 is 0 Å². The first-order valence-corrected chi connectivity index (χ1v) is 15.1. The molecule has 48 heavy (non-hydrogen) atoms. The zero-order chi connectivity index (χ0) is 35.8. The molecule has 2 amide bonds. The number of halogens is 6. The van der Waals surface area contributed by atoms with Crippen LogP contribution in [0.2, 0.25) is 0 Å². The maximum atomic E-state index is 14.3. The highest BCUT2D eigenvalue weighted by molar-refractivity contribution is 6.67. The van der Waals surface area contributed by atoms with Crippen molar-refractivity contribution in [3.8, 4) is 0 Å². The molecule has 0 radical (unpaired) electrons. The molecule has 262 valence electrons. The van der Waals surface area contributed by atoms with Crippen molar-refractivity contribution in [1.82, 2.24) is 15.1 Å². The number of carbonyl (C=O) groups is 3. The van der Waals surface area contributed by atoms with E-state index < -0.39 is 34.4 Å². The minimum Gasteiger partial charge on any atom is -0.396 e. The molecule has 3 aromatic carbocycles. The Labute approximate surface area is 280 Å². The molecule has 0 spiro atoms. The Morgan fingerprint density at radius 1 is 0.771 bits per heavy atom. The second-order valence-electron chi connectivity index (χ2n) is 10.5. The zero-order valence-electron chi connectivity index (χ0n) is 26.7. The molecule has 4 rings (SSSR count). The number of nitrogens with zero attached hydrogens (tertiary/aromatic N) is 3. The molecule has 1 saturated heterocycles. The topological polar surface area (TPSA) is 102 Å². The molecule has 0 atom stereocenters. The lowest BCUT2D eigenvalue weighted by Gasteiger charge is -2.29. The highest BCUT2D eigenvalue weighted by atomic mass is 35.5. The molecule has 9 nitrogen and oxygen atoms in total. The van der Waals surface area contributed by atoms with Crippen molar-refractivity contribution in [3.05, 3.63) is 100 Å². The smallest absolute Gasteiger partial charge is 0.253 e. The van der Waals surface area contributed by atoms with Crippen LogP contribution in [0.5, 0.6) is 0 Å². The van der Waals surface area contributed by atoms with Crippen LogP contribution in [0.1, 0.15) is 37.5 Å². The summed E-state index contributed by atoms with van der Waals surface area (Å²) in [4.78, 5) is 39.1. The molecule has 0 saturated carbocycles. The Bertz CT molecular complexity index is 1530. The SMILES string of the molecule is CN(CCCO)C(=O)c1ccc(F)c(F)c1.COCCN(C)C(=O)c1ccc(N2CCNCC2)c(F)c1.O=C(Cl)c1ccc(F)c(F)c1. The lowest BCUT2D eigenvalue weighted by atomic mass is 10.1. The van der Waals surface area contributed by atoms with E-state index in [0.717, 1.165) is 56.5 Å².